The van der Waals surface area contributed by atoms with Gasteiger partial charge in [0, 0.05) is 27.5 Å². The third-order valence-electron chi connectivity index (χ3n) is 6.95. The van der Waals surface area contributed by atoms with E-state index in [1.54, 1.807) is 34.9 Å². The molecule has 0 aliphatic carbocycles. The molecule has 40 heavy (non-hydrogen) atoms. The minimum absolute atomic E-state index is 0.00986. The van der Waals surface area contributed by atoms with Gasteiger partial charge in [-0.15, -0.1) is 0 Å². The van der Waals surface area contributed by atoms with Gasteiger partial charge in [-0.3, -0.25) is 4.79 Å². The number of halogens is 2. The van der Waals surface area contributed by atoms with Crippen LogP contribution in [0.25, 0.3) is 22.0 Å². The number of aryl methyl sites for hydroxylation is 1. The van der Waals surface area contributed by atoms with Crippen LogP contribution in [-0.2, 0) is 13.0 Å². The van der Waals surface area contributed by atoms with Crippen LogP contribution in [0.4, 0.5) is 5.69 Å². The fraction of sp³-hybridized carbons (Fsp3) is 0.152. The minimum Gasteiger partial charge on any atom is -0.477 e. The Morgan fingerprint density at radius 2 is 1.55 bits per heavy atom. The van der Waals surface area contributed by atoms with Gasteiger partial charge in [0.05, 0.1) is 11.2 Å². The molecule has 1 heterocycles. The molecule has 2 N–H and O–H groups in total. The molecule has 4 aromatic carbocycles. The SMILES string of the molecule is CCCCc1ccc(-c2ccc3c(NC(=O)c4ccc(Cl)cc4)c(C(=O)O)n(Cc4cccc(Cl)c4)c3c2)cc1. The fourth-order valence-corrected chi connectivity index (χ4v) is 5.23. The maximum Gasteiger partial charge on any atom is 0.354 e. The molecule has 5 rings (SSSR count). The predicted molar refractivity (Wildman–Crippen MR) is 163 cm³/mol. The van der Waals surface area contributed by atoms with Crippen molar-refractivity contribution in [1.29, 1.82) is 0 Å². The third-order valence-corrected chi connectivity index (χ3v) is 7.44. The first-order valence-corrected chi connectivity index (χ1v) is 13.9. The average Bonchev–Trinajstić information content (AvgIpc) is 3.24. The van der Waals surface area contributed by atoms with Crippen molar-refractivity contribution < 1.29 is 14.7 Å². The Hall–Kier alpha value is -4.06. The highest BCUT2D eigenvalue weighted by atomic mass is 35.5. The largest absolute Gasteiger partial charge is 0.477 e. The number of nitrogens with one attached hydrogen (secondary N) is 1. The second-order valence-corrected chi connectivity index (χ2v) is 10.6. The maximum absolute atomic E-state index is 13.2. The predicted octanol–water partition coefficient (Wildman–Crippen LogP) is 8.96. The molecule has 1 aromatic heterocycles. The molecule has 5 aromatic rings. The number of benzene rings is 4. The second kappa shape index (κ2) is 12.0. The summed E-state index contributed by atoms with van der Waals surface area (Å²) in [7, 11) is 0. The van der Waals surface area contributed by atoms with E-state index in [9.17, 15) is 14.7 Å². The second-order valence-electron chi connectivity index (χ2n) is 9.74. The fourth-order valence-electron chi connectivity index (χ4n) is 4.89. The van der Waals surface area contributed by atoms with Gasteiger partial charge in [-0.25, -0.2) is 4.79 Å². The maximum atomic E-state index is 13.2. The number of carboxylic acids is 1. The molecule has 0 spiro atoms. The molecule has 5 nitrogen and oxygen atoms in total. The molecule has 0 unspecified atom stereocenters. The molecular formula is C33H28Cl2N2O3. The number of hydrogen-bond acceptors (Lipinski definition) is 2. The van der Waals surface area contributed by atoms with E-state index in [1.165, 1.54) is 5.56 Å². The smallest absolute Gasteiger partial charge is 0.354 e. The molecule has 0 saturated heterocycles. The topological polar surface area (TPSA) is 71.3 Å². The van der Waals surface area contributed by atoms with Gasteiger partial charge in [0.25, 0.3) is 5.91 Å². The van der Waals surface area contributed by atoms with Gasteiger partial charge in [-0.05, 0) is 77.6 Å². The monoisotopic (exact) mass is 570 g/mol. The van der Waals surface area contributed by atoms with Crippen molar-refractivity contribution in [3.05, 3.63) is 123 Å². The summed E-state index contributed by atoms with van der Waals surface area (Å²) in [5, 5.41) is 14.9. The Labute approximate surface area is 243 Å². The number of unbranched alkanes of at least 4 members (excludes halogenated alkanes) is 1. The van der Waals surface area contributed by atoms with Crippen molar-refractivity contribution in [2.75, 3.05) is 5.32 Å². The molecule has 0 atom stereocenters. The number of anilines is 1. The summed E-state index contributed by atoms with van der Waals surface area (Å²) < 4.78 is 1.72. The first kappa shape index (κ1) is 27.5. The zero-order valence-corrected chi connectivity index (χ0v) is 23.5. The van der Waals surface area contributed by atoms with Crippen molar-refractivity contribution in [1.82, 2.24) is 4.57 Å². The van der Waals surface area contributed by atoms with Crippen molar-refractivity contribution in [3.63, 3.8) is 0 Å². The average molecular weight is 572 g/mol. The lowest BCUT2D eigenvalue weighted by atomic mass is 10.0. The number of fused-ring (bicyclic) bond motifs is 1. The zero-order valence-electron chi connectivity index (χ0n) is 22.0. The van der Waals surface area contributed by atoms with Gasteiger partial charge in [-0.2, -0.15) is 0 Å². The van der Waals surface area contributed by atoms with Crippen molar-refractivity contribution in [3.8, 4) is 11.1 Å². The van der Waals surface area contributed by atoms with Crippen LogP contribution in [0.2, 0.25) is 10.0 Å². The standard InChI is InChI=1S/C33H28Cl2N2O3/c1-2-3-5-21-8-10-23(11-9-21)25-14-17-28-29(19-25)37(20-22-6-4-7-27(35)18-22)31(33(39)40)30(28)36-32(38)24-12-15-26(34)16-13-24/h4,6-19H,2-3,5,20H2,1H3,(H,36,38)(H,39,40). The lowest BCUT2D eigenvalue weighted by molar-refractivity contribution is 0.0687. The Balaban J connectivity index is 1.63. The van der Waals surface area contributed by atoms with Crippen molar-refractivity contribution in [2.24, 2.45) is 0 Å². The van der Waals surface area contributed by atoms with Gasteiger partial charge in [0.1, 0.15) is 0 Å². The molecule has 0 bridgehead atoms. The first-order chi connectivity index (χ1) is 19.3. The van der Waals surface area contributed by atoms with Crippen LogP contribution in [0.5, 0.6) is 0 Å². The number of aromatic carboxylic acids is 1. The van der Waals surface area contributed by atoms with Crippen LogP contribution < -0.4 is 5.32 Å². The molecule has 202 valence electrons. The number of rotatable bonds is 9. The van der Waals surface area contributed by atoms with Crippen LogP contribution >= 0.6 is 23.2 Å². The molecule has 0 aliphatic heterocycles. The highest BCUT2D eigenvalue weighted by Gasteiger charge is 2.25. The Morgan fingerprint density at radius 3 is 2.23 bits per heavy atom. The summed E-state index contributed by atoms with van der Waals surface area (Å²) >= 11 is 12.2. The Bertz CT molecular complexity index is 1690. The van der Waals surface area contributed by atoms with Crippen LogP contribution in [0, 0.1) is 0 Å². The summed E-state index contributed by atoms with van der Waals surface area (Å²) in [6.07, 6.45) is 3.33. The Kier molecular flexibility index (Phi) is 8.24. The number of hydrogen-bond donors (Lipinski definition) is 2. The molecule has 0 aliphatic rings. The van der Waals surface area contributed by atoms with Gasteiger partial charge >= 0.3 is 5.97 Å². The zero-order chi connectivity index (χ0) is 28.2. The van der Waals surface area contributed by atoms with E-state index in [1.807, 2.05) is 36.4 Å². The summed E-state index contributed by atoms with van der Waals surface area (Å²) in [6.45, 7) is 2.44. The highest BCUT2D eigenvalue weighted by molar-refractivity contribution is 6.31. The molecule has 0 fully saturated rings. The summed E-state index contributed by atoms with van der Waals surface area (Å²) in [5.74, 6) is -1.57. The quantitative estimate of drug-likeness (QED) is 0.186. The molecule has 0 radical (unpaired) electrons. The van der Waals surface area contributed by atoms with E-state index >= 15 is 0 Å². The van der Waals surface area contributed by atoms with Crippen LogP contribution in [0.1, 0.15) is 51.7 Å². The number of carboxylic acid groups (broad SMARTS) is 1. The number of amides is 1. The lowest BCUT2D eigenvalue weighted by Gasteiger charge is -2.11. The summed E-state index contributed by atoms with van der Waals surface area (Å²) in [6, 6.07) is 28.0. The highest BCUT2D eigenvalue weighted by Crippen LogP contribution is 2.36. The number of carbonyl (C=O) groups is 2. The summed E-state index contributed by atoms with van der Waals surface area (Å²) in [5.41, 5.74) is 5.40. The van der Waals surface area contributed by atoms with Crippen molar-refractivity contribution in [2.45, 2.75) is 32.7 Å². The molecular weight excluding hydrogens is 543 g/mol. The number of carbonyl (C=O) groups excluding carboxylic acids is 1. The van der Waals surface area contributed by atoms with Gasteiger partial charge in [0.2, 0.25) is 0 Å². The first-order valence-electron chi connectivity index (χ1n) is 13.1. The van der Waals surface area contributed by atoms with Gasteiger partial charge in [-0.1, -0.05) is 85.1 Å². The molecule has 7 heteroatoms. The number of aromatic nitrogens is 1. The van der Waals surface area contributed by atoms with Crippen LogP contribution in [-0.4, -0.2) is 21.6 Å². The van der Waals surface area contributed by atoms with Gasteiger partial charge in [0.15, 0.2) is 5.69 Å². The van der Waals surface area contributed by atoms with E-state index in [-0.39, 0.29) is 17.9 Å². The normalized spacial score (nSPS) is 11.1. The number of nitrogens with zero attached hydrogens (tertiary/aromatic N) is 1. The summed E-state index contributed by atoms with van der Waals surface area (Å²) in [4.78, 5) is 25.9. The van der Waals surface area contributed by atoms with Gasteiger partial charge < -0.3 is 15.0 Å². The van der Waals surface area contributed by atoms with E-state index in [0.29, 0.717) is 26.5 Å². The third kappa shape index (κ3) is 5.91. The minimum atomic E-state index is -1.15. The molecule has 1 amide bonds. The van der Waals surface area contributed by atoms with Crippen LogP contribution in [0.3, 0.4) is 0 Å². The lowest BCUT2D eigenvalue weighted by Crippen LogP contribution is -2.16. The van der Waals surface area contributed by atoms with E-state index in [4.69, 9.17) is 23.2 Å². The van der Waals surface area contributed by atoms with Crippen LogP contribution in [0.15, 0.2) is 91.0 Å². The van der Waals surface area contributed by atoms with E-state index in [0.717, 1.165) is 36.0 Å². The van der Waals surface area contributed by atoms with Crippen molar-refractivity contribution >= 4 is 51.7 Å². The Morgan fingerprint density at radius 1 is 0.825 bits per heavy atom. The molecule has 0 saturated carbocycles. The van der Waals surface area contributed by atoms with E-state index in [2.05, 4.69) is 36.5 Å². The van der Waals surface area contributed by atoms with E-state index < -0.39 is 11.9 Å².